The van der Waals surface area contributed by atoms with E-state index in [1.807, 2.05) is 23.0 Å². The lowest BCUT2D eigenvalue weighted by molar-refractivity contribution is -0.0952. The highest BCUT2D eigenvalue weighted by Crippen LogP contribution is 2.17. The van der Waals surface area contributed by atoms with Crippen molar-refractivity contribution in [2.45, 2.75) is 6.54 Å². The molecule has 0 aromatic heterocycles. The van der Waals surface area contributed by atoms with Crippen molar-refractivity contribution in [1.82, 2.24) is 4.57 Å². The maximum absolute atomic E-state index is 11.0. The smallest absolute Gasteiger partial charge is 0.292 e. The second kappa shape index (κ2) is 3.35. The molecule has 0 unspecified atom stereocenters. The van der Waals surface area contributed by atoms with Gasteiger partial charge in [-0.15, -0.1) is 0 Å². The topological polar surface area (TPSA) is 45.8 Å². The van der Waals surface area contributed by atoms with E-state index in [1.165, 1.54) is 0 Å². The minimum absolute atomic E-state index is 0.0221. The molecule has 0 saturated heterocycles. The van der Waals surface area contributed by atoms with Crippen LogP contribution in [-0.2, 0) is 6.54 Å². The second-order valence-electron chi connectivity index (χ2n) is 3.08. The zero-order valence-corrected chi connectivity index (χ0v) is 7.53. The summed E-state index contributed by atoms with van der Waals surface area (Å²) in [4.78, 5) is 11.0. The third-order valence-electron chi connectivity index (χ3n) is 2.07. The molecule has 0 amide bonds. The molecule has 1 N–H and O–H groups in total. The predicted molar refractivity (Wildman–Crippen MR) is 52.2 cm³/mol. The van der Waals surface area contributed by atoms with Crippen LogP contribution >= 0.6 is 0 Å². The molecule has 0 atom stereocenters. The van der Waals surface area contributed by atoms with Crippen LogP contribution in [0.15, 0.2) is 41.5 Å². The van der Waals surface area contributed by atoms with Crippen LogP contribution in [-0.4, -0.2) is 4.57 Å². The summed E-state index contributed by atoms with van der Waals surface area (Å²) in [5, 5.41) is 6.86. The average molecular weight is 185 g/mol. The van der Waals surface area contributed by atoms with Crippen LogP contribution in [0.4, 0.5) is 0 Å². The summed E-state index contributed by atoms with van der Waals surface area (Å²) < 4.78 is 1.85. The van der Waals surface area contributed by atoms with E-state index in [0.717, 1.165) is 11.1 Å². The molecule has 0 radical (unpaired) electrons. The van der Waals surface area contributed by atoms with Gasteiger partial charge in [-0.3, -0.25) is 4.79 Å². The van der Waals surface area contributed by atoms with E-state index in [2.05, 4.69) is 6.07 Å². The SMILES string of the molecule is [NH+]#CCn1ccc2cc(=O)ccc-2c1. The standard InChI is InChI=1S/C11H8N2O/c12-4-6-13-5-3-9-7-11(14)2-1-10(9)8-13/h1-3,5,7-8H,6H2/p+1. The Morgan fingerprint density at radius 1 is 1.29 bits per heavy atom. The Morgan fingerprint density at radius 2 is 2.14 bits per heavy atom. The molecular formula is C11H9N2O+. The summed E-state index contributed by atoms with van der Waals surface area (Å²) in [7, 11) is 0. The van der Waals surface area contributed by atoms with Gasteiger partial charge in [-0.25, -0.2) is 0 Å². The number of aromatic nitrogens is 1. The molecule has 0 fully saturated rings. The molecule has 2 rings (SSSR count). The lowest BCUT2D eigenvalue weighted by Gasteiger charge is -2.06. The maximum Gasteiger partial charge on any atom is 0.292 e. The van der Waals surface area contributed by atoms with E-state index in [4.69, 9.17) is 5.26 Å². The van der Waals surface area contributed by atoms with Gasteiger partial charge in [0.25, 0.3) is 6.07 Å². The Kier molecular flexibility index (Phi) is 2.04. The number of hydrogen-bond acceptors (Lipinski definition) is 1. The van der Waals surface area contributed by atoms with Crippen molar-refractivity contribution >= 4 is 0 Å². The van der Waals surface area contributed by atoms with Gasteiger partial charge in [0.05, 0.1) is 0 Å². The summed E-state index contributed by atoms with van der Waals surface area (Å²) in [5.74, 6) is 0. The highest BCUT2D eigenvalue weighted by molar-refractivity contribution is 5.63. The van der Waals surface area contributed by atoms with E-state index in [0.29, 0.717) is 6.54 Å². The van der Waals surface area contributed by atoms with Gasteiger partial charge >= 0.3 is 0 Å². The molecule has 1 aliphatic heterocycles. The first-order valence-corrected chi connectivity index (χ1v) is 4.29. The second-order valence-corrected chi connectivity index (χ2v) is 3.08. The Morgan fingerprint density at radius 3 is 2.93 bits per heavy atom. The molecule has 1 aliphatic carbocycles. The van der Waals surface area contributed by atoms with Crippen LogP contribution in [0.3, 0.4) is 0 Å². The van der Waals surface area contributed by atoms with Crippen molar-refractivity contribution in [1.29, 1.82) is 0 Å². The summed E-state index contributed by atoms with van der Waals surface area (Å²) in [5.41, 5.74) is 1.95. The van der Waals surface area contributed by atoms with E-state index >= 15 is 0 Å². The normalized spacial score (nSPS) is 9.93. The number of rotatable bonds is 1. The molecule has 0 aromatic rings. The minimum Gasteiger partial charge on any atom is -0.336 e. The molecule has 0 bridgehead atoms. The zero-order valence-electron chi connectivity index (χ0n) is 7.53. The van der Waals surface area contributed by atoms with E-state index < -0.39 is 0 Å². The third-order valence-corrected chi connectivity index (χ3v) is 2.07. The zero-order chi connectivity index (χ0) is 9.97. The maximum atomic E-state index is 11.0. The van der Waals surface area contributed by atoms with E-state index in [-0.39, 0.29) is 5.43 Å². The van der Waals surface area contributed by atoms with Crippen molar-refractivity contribution in [3.05, 3.63) is 46.9 Å². The summed E-state index contributed by atoms with van der Waals surface area (Å²) >= 11 is 0. The quantitative estimate of drug-likeness (QED) is 0.653. The van der Waals surface area contributed by atoms with Crippen LogP contribution in [0, 0.1) is 6.07 Å². The van der Waals surface area contributed by atoms with Crippen molar-refractivity contribution < 1.29 is 5.26 Å². The summed E-state index contributed by atoms with van der Waals surface area (Å²) in [6.45, 7) is 0.440. The molecule has 3 heteroatoms. The van der Waals surface area contributed by atoms with Crippen molar-refractivity contribution in [2.24, 2.45) is 0 Å². The number of benzene rings is 1. The summed E-state index contributed by atoms with van der Waals surface area (Å²) in [6.07, 6.45) is 3.74. The van der Waals surface area contributed by atoms with Crippen LogP contribution < -0.4 is 10.7 Å². The number of nitrogens with zero attached hydrogens (tertiary/aromatic N) is 1. The van der Waals surface area contributed by atoms with Crippen molar-refractivity contribution in [3.8, 4) is 17.2 Å². The van der Waals surface area contributed by atoms with E-state index in [1.54, 1.807) is 18.2 Å². The Labute approximate surface area is 81.2 Å². The van der Waals surface area contributed by atoms with Crippen LogP contribution in [0.5, 0.6) is 0 Å². The van der Waals surface area contributed by atoms with Gasteiger partial charge in [0, 0.05) is 12.4 Å². The third kappa shape index (κ3) is 1.50. The van der Waals surface area contributed by atoms with Gasteiger partial charge in [0.15, 0.2) is 12.0 Å². The van der Waals surface area contributed by atoms with Crippen LogP contribution in [0.1, 0.15) is 0 Å². The largest absolute Gasteiger partial charge is 0.336 e. The number of hydrogen-bond donors (Lipinski definition) is 1. The molecule has 14 heavy (non-hydrogen) atoms. The number of fused-ring (bicyclic) bond motifs is 1. The fourth-order valence-electron chi connectivity index (χ4n) is 1.40. The Hall–Kier alpha value is -2.08. The Bertz CT molecular complexity index is 522. The fourth-order valence-corrected chi connectivity index (χ4v) is 1.40. The lowest BCUT2D eigenvalue weighted by Crippen LogP contribution is -2.19. The molecule has 1 heterocycles. The van der Waals surface area contributed by atoms with Gasteiger partial charge in [-0.2, -0.15) is 0 Å². The molecular weight excluding hydrogens is 176 g/mol. The fraction of sp³-hybridized carbons (Fsp3) is 0.0909. The first-order chi connectivity index (χ1) is 6.79. The minimum atomic E-state index is 0.0221. The molecule has 0 spiro atoms. The van der Waals surface area contributed by atoms with Crippen molar-refractivity contribution in [2.75, 3.05) is 0 Å². The van der Waals surface area contributed by atoms with Crippen LogP contribution in [0.2, 0.25) is 0 Å². The number of pyridine rings is 1. The molecule has 3 nitrogen and oxygen atoms in total. The molecule has 0 aromatic carbocycles. The summed E-state index contributed by atoms with van der Waals surface area (Å²) in [6, 6.07) is 9.12. The first-order valence-electron chi connectivity index (χ1n) is 4.29. The van der Waals surface area contributed by atoms with Gasteiger partial charge in [0.2, 0.25) is 0 Å². The Balaban J connectivity index is 2.58. The van der Waals surface area contributed by atoms with Crippen molar-refractivity contribution in [3.63, 3.8) is 0 Å². The monoisotopic (exact) mass is 185 g/mol. The van der Waals surface area contributed by atoms with Gasteiger partial charge in [-0.1, -0.05) is 5.26 Å². The molecule has 68 valence electrons. The van der Waals surface area contributed by atoms with E-state index in [9.17, 15) is 4.79 Å². The van der Waals surface area contributed by atoms with Gasteiger partial charge < -0.3 is 4.57 Å². The number of nitrogens with one attached hydrogen (secondary N) is 1. The highest BCUT2D eigenvalue weighted by atomic mass is 16.1. The lowest BCUT2D eigenvalue weighted by atomic mass is 10.1. The van der Waals surface area contributed by atoms with Gasteiger partial charge in [-0.05, 0) is 35.4 Å². The molecule has 2 aliphatic rings. The average Bonchev–Trinajstić information content (AvgIpc) is 2.19. The predicted octanol–water partition coefficient (Wildman–Crippen LogP) is -0.274. The highest BCUT2D eigenvalue weighted by Gasteiger charge is 2.01. The molecule has 0 saturated carbocycles. The van der Waals surface area contributed by atoms with Crippen LogP contribution in [0.25, 0.3) is 11.1 Å². The first kappa shape index (κ1) is 8.52. The van der Waals surface area contributed by atoms with Gasteiger partial charge in [0.1, 0.15) is 0 Å².